The largest absolute Gasteiger partial charge is 0.459 e. The molecule has 0 fully saturated rings. The van der Waals surface area contributed by atoms with E-state index >= 15 is 0 Å². The average Bonchev–Trinajstić information content (AvgIpc) is 1.91. The second-order valence-electron chi connectivity index (χ2n) is 1.000. The molecule has 0 saturated heterocycles. The fourth-order valence-electron chi connectivity index (χ4n) is 0.233. The third-order valence-electron chi connectivity index (χ3n) is 0.521. The Hall–Kier alpha value is 0.240. The third kappa shape index (κ3) is 1.07. The fourth-order valence-corrected chi connectivity index (χ4v) is 0.595. The van der Waals surface area contributed by atoms with Crippen molar-refractivity contribution in [1.82, 2.24) is 0 Å². The molecular formula is C4HBr2O. The van der Waals surface area contributed by atoms with E-state index in [4.69, 9.17) is 0 Å². The van der Waals surface area contributed by atoms with Crippen LogP contribution in [0.2, 0.25) is 0 Å². The summed E-state index contributed by atoms with van der Waals surface area (Å²) in [5.41, 5.74) is 0. The van der Waals surface area contributed by atoms with E-state index in [2.05, 4.69) is 42.5 Å². The zero-order valence-corrected chi connectivity index (χ0v) is 6.41. The number of halogens is 2. The van der Waals surface area contributed by atoms with Crippen molar-refractivity contribution in [2.75, 3.05) is 0 Å². The summed E-state index contributed by atoms with van der Waals surface area (Å²) in [4.78, 5) is 0. The first kappa shape index (κ1) is 5.38. The summed E-state index contributed by atoms with van der Waals surface area (Å²) in [6, 6.07) is 0. The van der Waals surface area contributed by atoms with Crippen LogP contribution < -0.4 is 0 Å². The van der Waals surface area contributed by atoms with E-state index in [0.29, 0.717) is 0 Å². The summed E-state index contributed by atoms with van der Waals surface area (Å²) < 4.78 is 6.35. The van der Waals surface area contributed by atoms with Crippen molar-refractivity contribution in [1.29, 1.82) is 0 Å². The molecule has 1 heterocycles. The van der Waals surface area contributed by atoms with Crippen LogP contribution >= 0.6 is 31.9 Å². The van der Waals surface area contributed by atoms with Gasteiger partial charge in [-0.05, 0) is 31.9 Å². The summed E-state index contributed by atoms with van der Waals surface area (Å²) in [6.07, 6.45) is 4.12. The van der Waals surface area contributed by atoms with Gasteiger partial charge in [-0.1, -0.05) is 0 Å². The smallest absolute Gasteiger partial charge is 0.185 e. The molecule has 1 rings (SSSR count). The summed E-state index contributed by atoms with van der Waals surface area (Å²) in [7, 11) is 0. The van der Waals surface area contributed by atoms with E-state index < -0.39 is 0 Å². The Morgan fingerprint density at radius 2 is 2.29 bits per heavy atom. The molecule has 0 spiro atoms. The molecule has 37 valence electrons. The summed E-state index contributed by atoms with van der Waals surface area (Å²) in [6.45, 7) is 0. The van der Waals surface area contributed by atoms with Crippen molar-refractivity contribution in [3.63, 3.8) is 0 Å². The Bertz CT molecular complexity index is 142. The van der Waals surface area contributed by atoms with Gasteiger partial charge >= 0.3 is 0 Å². The van der Waals surface area contributed by atoms with E-state index in [-0.39, 0.29) is 0 Å². The highest BCUT2D eigenvalue weighted by Crippen LogP contribution is 2.21. The minimum Gasteiger partial charge on any atom is -0.459 e. The normalized spacial score (nSPS) is 9.43. The maximum Gasteiger partial charge on any atom is 0.185 e. The Balaban J connectivity index is 3.12. The van der Waals surface area contributed by atoms with Crippen LogP contribution in [0.15, 0.2) is 19.6 Å². The van der Waals surface area contributed by atoms with E-state index in [9.17, 15) is 0 Å². The number of hydrogen-bond acceptors (Lipinski definition) is 1. The van der Waals surface area contributed by atoms with E-state index in [1.807, 2.05) is 0 Å². The molecule has 3 heteroatoms. The van der Waals surface area contributed by atoms with Crippen molar-refractivity contribution in [3.8, 4) is 0 Å². The molecule has 1 aromatic heterocycles. The van der Waals surface area contributed by atoms with Gasteiger partial charge in [0, 0.05) is 0 Å². The molecule has 7 heavy (non-hydrogen) atoms. The Kier molecular flexibility index (Phi) is 1.54. The van der Waals surface area contributed by atoms with Crippen molar-refractivity contribution >= 4 is 31.9 Å². The minimum absolute atomic E-state index is 0.826. The minimum atomic E-state index is 0.826. The fraction of sp³-hybridized carbons (Fsp3) is 0. The lowest BCUT2D eigenvalue weighted by molar-refractivity contribution is 0.555. The van der Waals surface area contributed by atoms with Gasteiger partial charge in [0.15, 0.2) is 6.26 Å². The molecule has 0 bridgehead atoms. The lowest BCUT2D eigenvalue weighted by Crippen LogP contribution is -1.47. The summed E-state index contributed by atoms with van der Waals surface area (Å²) in [5, 5.41) is 0. The first-order chi connectivity index (χ1) is 3.30. The Morgan fingerprint density at radius 3 is 2.43 bits per heavy atom. The predicted molar refractivity (Wildman–Crippen MR) is 32.9 cm³/mol. The quantitative estimate of drug-likeness (QED) is 0.661. The molecule has 1 radical (unpaired) electrons. The SMILES string of the molecule is Brc1[c]occ1Br. The van der Waals surface area contributed by atoms with Crippen LogP contribution in [-0.2, 0) is 0 Å². The van der Waals surface area contributed by atoms with Crippen LogP contribution in [0.3, 0.4) is 0 Å². The highest BCUT2D eigenvalue weighted by molar-refractivity contribution is 9.13. The molecule has 0 aromatic carbocycles. The molecule has 0 aliphatic heterocycles. The van der Waals surface area contributed by atoms with Crippen LogP contribution in [-0.4, -0.2) is 0 Å². The van der Waals surface area contributed by atoms with Gasteiger partial charge in [0.05, 0.1) is 8.95 Å². The molecular weight excluding hydrogens is 224 g/mol. The van der Waals surface area contributed by atoms with Gasteiger partial charge in [0.25, 0.3) is 0 Å². The standard InChI is InChI=1S/C4HBr2O/c5-3-1-7-2-4(3)6/h1H. The second kappa shape index (κ2) is 2.01. The van der Waals surface area contributed by atoms with Gasteiger partial charge in [-0.2, -0.15) is 0 Å². The Labute approximate surface area is 58.0 Å². The number of hydrogen-bond donors (Lipinski definition) is 0. The van der Waals surface area contributed by atoms with Gasteiger partial charge in [-0.15, -0.1) is 0 Å². The first-order valence-corrected chi connectivity index (χ1v) is 3.19. The zero-order chi connectivity index (χ0) is 5.28. The van der Waals surface area contributed by atoms with Crippen molar-refractivity contribution in [2.24, 2.45) is 0 Å². The second-order valence-corrected chi connectivity index (χ2v) is 2.65. The average molecular weight is 225 g/mol. The highest BCUT2D eigenvalue weighted by atomic mass is 79.9. The maximum absolute atomic E-state index is 4.63. The van der Waals surface area contributed by atoms with E-state index in [1.54, 1.807) is 6.26 Å². The van der Waals surface area contributed by atoms with Crippen LogP contribution in [0, 0.1) is 6.26 Å². The molecule has 1 aromatic rings. The first-order valence-electron chi connectivity index (χ1n) is 1.61. The van der Waals surface area contributed by atoms with Crippen LogP contribution in [0.4, 0.5) is 0 Å². The molecule has 0 N–H and O–H groups in total. The van der Waals surface area contributed by atoms with E-state index in [1.165, 1.54) is 0 Å². The van der Waals surface area contributed by atoms with Crippen molar-refractivity contribution < 1.29 is 4.42 Å². The lowest BCUT2D eigenvalue weighted by atomic mass is 10.7. The van der Waals surface area contributed by atoms with Gasteiger partial charge in [-0.3, -0.25) is 0 Å². The van der Waals surface area contributed by atoms with E-state index in [0.717, 1.165) is 8.95 Å². The maximum atomic E-state index is 4.63. The van der Waals surface area contributed by atoms with Gasteiger partial charge in [-0.25, -0.2) is 0 Å². The van der Waals surface area contributed by atoms with Gasteiger partial charge in [0.2, 0.25) is 0 Å². The van der Waals surface area contributed by atoms with Crippen molar-refractivity contribution in [3.05, 3.63) is 21.5 Å². The highest BCUT2D eigenvalue weighted by Gasteiger charge is 1.94. The van der Waals surface area contributed by atoms with Crippen molar-refractivity contribution in [2.45, 2.75) is 0 Å². The molecule has 0 aliphatic carbocycles. The van der Waals surface area contributed by atoms with Crippen LogP contribution in [0.5, 0.6) is 0 Å². The number of rotatable bonds is 0. The van der Waals surface area contributed by atoms with Gasteiger partial charge in [0.1, 0.15) is 6.26 Å². The monoisotopic (exact) mass is 223 g/mol. The van der Waals surface area contributed by atoms with Crippen LogP contribution in [0.25, 0.3) is 0 Å². The molecule has 0 amide bonds. The number of furan rings is 1. The molecule has 1 nitrogen and oxygen atoms in total. The van der Waals surface area contributed by atoms with Gasteiger partial charge < -0.3 is 4.42 Å². The zero-order valence-electron chi connectivity index (χ0n) is 3.24. The summed E-state index contributed by atoms with van der Waals surface area (Å²) in [5.74, 6) is 0. The molecule has 0 aliphatic rings. The predicted octanol–water partition coefficient (Wildman–Crippen LogP) is 2.60. The Morgan fingerprint density at radius 1 is 1.57 bits per heavy atom. The molecule has 0 saturated carbocycles. The summed E-state index contributed by atoms with van der Waals surface area (Å²) >= 11 is 6.36. The molecule has 0 atom stereocenters. The third-order valence-corrected chi connectivity index (χ3v) is 2.23. The molecule has 0 unspecified atom stereocenters. The topological polar surface area (TPSA) is 13.1 Å². The lowest BCUT2D eigenvalue weighted by Gasteiger charge is -1.70. The van der Waals surface area contributed by atoms with Crippen LogP contribution in [0.1, 0.15) is 0 Å².